The van der Waals surface area contributed by atoms with Gasteiger partial charge < -0.3 is 4.98 Å². The average Bonchev–Trinajstić information content (AvgIpc) is 2.84. The predicted molar refractivity (Wildman–Crippen MR) is 81.8 cm³/mol. The maximum absolute atomic E-state index is 11.9. The molecule has 0 radical (unpaired) electrons. The summed E-state index contributed by atoms with van der Waals surface area (Å²) in [5, 5.41) is 0.635. The van der Waals surface area contributed by atoms with E-state index in [4.69, 9.17) is 11.6 Å². The Hall–Kier alpha value is -2.34. The number of halogens is 1. The highest BCUT2D eigenvalue weighted by atomic mass is 35.5. The van der Waals surface area contributed by atoms with Crippen molar-refractivity contribution in [3.05, 3.63) is 49.6 Å². The first-order valence-corrected chi connectivity index (χ1v) is 6.88. The fraction of sp³-hybridized carbons (Fsp3) is 0.214. The zero-order chi connectivity index (χ0) is 15.1. The summed E-state index contributed by atoms with van der Waals surface area (Å²) in [5.74, 6) is 0.539. The van der Waals surface area contributed by atoms with E-state index >= 15 is 0 Å². The summed E-state index contributed by atoms with van der Waals surface area (Å²) in [6.45, 7) is 4.16. The molecule has 3 aromatic rings. The Balaban J connectivity index is 2.33. The molecule has 0 aliphatic heterocycles. The second-order valence-electron chi connectivity index (χ2n) is 4.75. The molecule has 0 fully saturated rings. The first-order valence-electron chi connectivity index (χ1n) is 6.50. The zero-order valence-electron chi connectivity index (χ0n) is 11.5. The zero-order valence-corrected chi connectivity index (χ0v) is 12.3. The molecule has 0 unspecified atom stereocenters. The van der Waals surface area contributed by atoms with Crippen LogP contribution in [0, 0.1) is 6.92 Å². The molecule has 21 heavy (non-hydrogen) atoms. The third kappa shape index (κ3) is 2.17. The Morgan fingerprint density at radius 2 is 2.05 bits per heavy atom. The number of nitrogens with zero attached hydrogens (tertiary/aromatic N) is 2. The van der Waals surface area contributed by atoms with Crippen LogP contribution in [0.25, 0.3) is 22.6 Å². The van der Waals surface area contributed by atoms with Gasteiger partial charge in [0.2, 0.25) is 0 Å². The molecule has 2 aromatic heterocycles. The van der Waals surface area contributed by atoms with Crippen molar-refractivity contribution in [3.63, 3.8) is 0 Å². The third-order valence-electron chi connectivity index (χ3n) is 3.39. The van der Waals surface area contributed by atoms with Crippen molar-refractivity contribution in [1.82, 2.24) is 19.5 Å². The number of rotatable bonds is 2. The van der Waals surface area contributed by atoms with E-state index in [1.807, 2.05) is 26.0 Å². The average molecular weight is 305 g/mol. The lowest BCUT2D eigenvalue weighted by Crippen LogP contribution is -2.29. The van der Waals surface area contributed by atoms with E-state index in [2.05, 4.69) is 15.0 Å². The Morgan fingerprint density at radius 1 is 1.29 bits per heavy atom. The van der Waals surface area contributed by atoms with Crippen LogP contribution < -0.4 is 11.2 Å². The summed E-state index contributed by atoms with van der Waals surface area (Å²) in [4.78, 5) is 33.3. The van der Waals surface area contributed by atoms with E-state index in [1.54, 1.807) is 6.07 Å². The van der Waals surface area contributed by atoms with Gasteiger partial charge in [-0.25, -0.2) is 9.78 Å². The molecule has 0 aliphatic rings. The molecule has 0 saturated carbocycles. The Labute approximate surface area is 124 Å². The van der Waals surface area contributed by atoms with Gasteiger partial charge in [0.25, 0.3) is 5.56 Å². The highest BCUT2D eigenvalue weighted by Crippen LogP contribution is 2.24. The van der Waals surface area contributed by atoms with Gasteiger partial charge in [0.05, 0.1) is 0 Å². The largest absolute Gasteiger partial charge is 0.332 e. The summed E-state index contributed by atoms with van der Waals surface area (Å²) in [6, 6.07) is 5.41. The molecule has 0 bridgehead atoms. The minimum absolute atomic E-state index is 0.292. The summed E-state index contributed by atoms with van der Waals surface area (Å²) < 4.78 is 1.42. The highest BCUT2D eigenvalue weighted by molar-refractivity contribution is 6.30. The molecule has 0 saturated heterocycles. The molecule has 7 heteroatoms. The molecule has 3 rings (SSSR count). The number of benzene rings is 1. The maximum Gasteiger partial charge on any atom is 0.330 e. The van der Waals surface area contributed by atoms with Crippen LogP contribution in [0.2, 0.25) is 5.02 Å². The van der Waals surface area contributed by atoms with Gasteiger partial charge in [-0.1, -0.05) is 11.6 Å². The number of hydrogen-bond donors (Lipinski definition) is 2. The number of imidazole rings is 1. The topological polar surface area (TPSA) is 83.5 Å². The van der Waals surface area contributed by atoms with E-state index in [9.17, 15) is 9.59 Å². The van der Waals surface area contributed by atoms with E-state index < -0.39 is 11.2 Å². The van der Waals surface area contributed by atoms with Crippen LogP contribution in [0.4, 0.5) is 0 Å². The molecule has 0 aliphatic carbocycles. The van der Waals surface area contributed by atoms with Crippen molar-refractivity contribution in [2.75, 3.05) is 0 Å². The molecule has 2 heterocycles. The number of aryl methyl sites for hydroxylation is 2. The third-order valence-corrected chi connectivity index (χ3v) is 3.63. The fourth-order valence-electron chi connectivity index (χ4n) is 2.35. The Morgan fingerprint density at radius 3 is 2.71 bits per heavy atom. The highest BCUT2D eigenvalue weighted by Gasteiger charge is 2.14. The first-order chi connectivity index (χ1) is 10.0. The summed E-state index contributed by atoms with van der Waals surface area (Å²) in [5.41, 5.74) is 1.50. The quantitative estimate of drug-likeness (QED) is 0.760. The van der Waals surface area contributed by atoms with Crippen LogP contribution in [-0.2, 0) is 6.54 Å². The fourth-order valence-corrected chi connectivity index (χ4v) is 2.58. The van der Waals surface area contributed by atoms with Crippen molar-refractivity contribution < 1.29 is 0 Å². The van der Waals surface area contributed by atoms with Crippen LogP contribution in [0.5, 0.6) is 0 Å². The van der Waals surface area contributed by atoms with Crippen LogP contribution >= 0.6 is 11.6 Å². The van der Waals surface area contributed by atoms with E-state index in [-0.39, 0.29) is 0 Å². The monoisotopic (exact) mass is 304 g/mol. The number of aromatic amines is 2. The van der Waals surface area contributed by atoms with E-state index in [1.165, 1.54) is 4.57 Å². The lowest BCUT2D eigenvalue weighted by molar-refractivity contribution is 0.720. The van der Waals surface area contributed by atoms with Gasteiger partial charge in [0, 0.05) is 17.1 Å². The van der Waals surface area contributed by atoms with E-state index in [0.29, 0.717) is 28.6 Å². The van der Waals surface area contributed by atoms with Gasteiger partial charge in [-0.05, 0) is 37.6 Å². The molecular weight excluding hydrogens is 292 g/mol. The summed E-state index contributed by atoms with van der Waals surface area (Å²) >= 11 is 5.95. The number of aromatic nitrogens is 4. The molecular formula is C14H13ClN4O2. The van der Waals surface area contributed by atoms with Gasteiger partial charge >= 0.3 is 5.69 Å². The van der Waals surface area contributed by atoms with Crippen LogP contribution in [0.3, 0.4) is 0 Å². The van der Waals surface area contributed by atoms with Crippen LogP contribution in [-0.4, -0.2) is 19.5 Å². The smallest absolute Gasteiger partial charge is 0.330 e. The standard InChI is InChI=1S/C14H13ClN4O2/c1-3-19-12-10(13(20)18-14(19)21)16-11(17-12)9-5-4-8(15)6-7(9)2/h4-6H,3H2,1-2H3,(H,16,17)(H,18,20,21). The molecule has 0 spiro atoms. The van der Waals surface area contributed by atoms with Crippen molar-refractivity contribution in [2.45, 2.75) is 20.4 Å². The number of H-pyrrole nitrogens is 2. The lowest BCUT2D eigenvalue weighted by Gasteiger charge is -2.02. The summed E-state index contributed by atoms with van der Waals surface area (Å²) in [6.07, 6.45) is 0. The van der Waals surface area contributed by atoms with Crippen LogP contribution in [0.1, 0.15) is 12.5 Å². The predicted octanol–water partition coefficient (Wildman–Crippen LogP) is 2.06. The van der Waals surface area contributed by atoms with Gasteiger partial charge in [-0.3, -0.25) is 14.3 Å². The molecule has 2 N–H and O–H groups in total. The van der Waals surface area contributed by atoms with Crippen molar-refractivity contribution in [3.8, 4) is 11.4 Å². The molecule has 6 nitrogen and oxygen atoms in total. The van der Waals surface area contributed by atoms with Gasteiger partial charge in [0.1, 0.15) is 11.3 Å². The molecule has 0 amide bonds. The Kier molecular flexibility index (Phi) is 3.17. The SMILES string of the molecule is CCn1c(=O)[nH]c(=O)c2[nH]c(-c3ccc(Cl)cc3C)nc21. The van der Waals surface area contributed by atoms with E-state index in [0.717, 1.165) is 11.1 Å². The van der Waals surface area contributed by atoms with Gasteiger partial charge in [-0.2, -0.15) is 0 Å². The van der Waals surface area contributed by atoms with Crippen LogP contribution in [0.15, 0.2) is 27.8 Å². The number of nitrogens with one attached hydrogen (secondary N) is 2. The second kappa shape index (κ2) is 4.89. The normalized spacial score (nSPS) is 11.2. The van der Waals surface area contributed by atoms with Gasteiger partial charge in [-0.15, -0.1) is 0 Å². The Bertz CT molecular complexity index is 952. The molecule has 108 valence electrons. The molecule has 1 aromatic carbocycles. The summed E-state index contributed by atoms with van der Waals surface area (Å²) in [7, 11) is 0. The van der Waals surface area contributed by atoms with Crippen molar-refractivity contribution >= 4 is 22.8 Å². The number of fused-ring (bicyclic) bond motifs is 1. The number of hydrogen-bond acceptors (Lipinski definition) is 3. The molecule has 0 atom stereocenters. The second-order valence-corrected chi connectivity index (χ2v) is 5.18. The van der Waals surface area contributed by atoms with Crippen molar-refractivity contribution in [1.29, 1.82) is 0 Å². The maximum atomic E-state index is 11.9. The van der Waals surface area contributed by atoms with Gasteiger partial charge in [0.15, 0.2) is 5.65 Å². The minimum atomic E-state index is -0.468. The first kappa shape index (κ1) is 13.6. The minimum Gasteiger partial charge on any atom is -0.332 e. The van der Waals surface area contributed by atoms with Crippen molar-refractivity contribution in [2.24, 2.45) is 0 Å². The lowest BCUT2D eigenvalue weighted by atomic mass is 10.1.